The summed E-state index contributed by atoms with van der Waals surface area (Å²) in [6, 6.07) is 2.86. The van der Waals surface area contributed by atoms with Gasteiger partial charge < -0.3 is 4.74 Å². The highest BCUT2D eigenvalue weighted by Crippen LogP contribution is 2.19. The number of aryl methyl sites for hydroxylation is 1. The molecule has 2 rings (SSSR count). The van der Waals surface area contributed by atoms with Gasteiger partial charge in [-0.15, -0.1) is 11.3 Å². The van der Waals surface area contributed by atoms with Gasteiger partial charge in [0, 0.05) is 16.0 Å². The zero-order chi connectivity index (χ0) is 16.8. The molecule has 0 saturated heterocycles. The number of carbonyl (C=O) groups excluding carboxylic acids is 1. The van der Waals surface area contributed by atoms with E-state index in [2.05, 4.69) is 15.5 Å². The van der Waals surface area contributed by atoms with E-state index < -0.39 is 5.82 Å². The van der Waals surface area contributed by atoms with Gasteiger partial charge in [-0.3, -0.25) is 10.2 Å². The first-order valence-corrected chi connectivity index (χ1v) is 8.10. The summed E-state index contributed by atoms with van der Waals surface area (Å²) in [5.74, 6) is -0.733. The van der Waals surface area contributed by atoms with E-state index in [4.69, 9.17) is 16.3 Å². The SMILES string of the molecule is CCOC(=O)Cc1csc(NN=Cc2cc(Cl)c(C)cc2F)n1. The number of hydrogen-bond acceptors (Lipinski definition) is 6. The molecule has 0 atom stereocenters. The number of hydrazone groups is 1. The van der Waals surface area contributed by atoms with Gasteiger partial charge in [0.25, 0.3) is 0 Å². The molecule has 0 fully saturated rings. The second-order valence-electron chi connectivity index (χ2n) is 4.62. The first kappa shape index (κ1) is 17.4. The standard InChI is InChI=1S/C15H15ClFN3O2S/c1-3-22-14(21)6-11-8-23-15(19-11)20-18-7-10-5-12(16)9(2)4-13(10)17/h4-5,7-8H,3,6H2,1-2H3,(H,19,20). The summed E-state index contributed by atoms with van der Waals surface area (Å²) in [7, 11) is 0. The van der Waals surface area contributed by atoms with Crippen LogP contribution in [0.4, 0.5) is 9.52 Å². The minimum Gasteiger partial charge on any atom is -0.466 e. The maximum Gasteiger partial charge on any atom is 0.311 e. The largest absolute Gasteiger partial charge is 0.466 e. The number of hydrogen-bond donors (Lipinski definition) is 1. The van der Waals surface area contributed by atoms with Crippen molar-refractivity contribution in [3.05, 3.63) is 45.2 Å². The van der Waals surface area contributed by atoms with Crippen molar-refractivity contribution in [1.29, 1.82) is 0 Å². The Hall–Kier alpha value is -1.99. The third-order valence-electron chi connectivity index (χ3n) is 2.82. The van der Waals surface area contributed by atoms with Crippen LogP contribution in [0.3, 0.4) is 0 Å². The summed E-state index contributed by atoms with van der Waals surface area (Å²) in [5, 5.41) is 6.63. The molecule has 2 aromatic rings. The van der Waals surface area contributed by atoms with E-state index in [-0.39, 0.29) is 18.0 Å². The first-order valence-electron chi connectivity index (χ1n) is 6.84. The van der Waals surface area contributed by atoms with E-state index in [0.717, 1.165) is 0 Å². The van der Waals surface area contributed by atoms with Crippen LogP contribution in [0.2, 0.25) is 5.02 Å². The van der Waals surface area contributed by atoms with Gasteiger partial charge in [-0.1, -0.05) is 11.6 Å². The first-order chi connectivity index (χ1) is 11.0. The Kier molecular flexibility index (Phi) is 6.06. The van der Waals surface area contributed by atoms with Crippen molar-refractivity contribution < 1.29 is 13.9 Å². The predicted molar refractivity (Wildman–Crippen MR) is 89.8 cm³/mol. The van der Waals surface area contributed by atoms with Gasteiger partial charge in [0.15, 0.2) is 0 Å². The fourth-order valence-corrected chi connectivity index (χ4v) is 2.55. The minimum atomic E-state index is -0.403. The number of nitrogens with zero attached hydrogens (tertiary/aromatic N) is 2. The van der Waals surface area contributed by atoms with Crippen LogP contribution in [0, 0.1) is 12.7 Å². The molecule has 23 heavy (non-hydrogen) atoms. The summed E-state index contributed by atoms with van der Waals surface area (Å²) in [5.41, 5.74) is 4.23. The molecule has 1 aromatic heterocycles. The van der Waals surface area contributed by atoms with Crippen molar-refractivity contribution in [3.8, 4) is 0 Å². The molecule has 0 saturated carbocycles. The molecule has 0 unspecified atom stereocenters. The van der Waals surface area contributed by atoms with E-state index in [1.165, 1.54) is 29.7 Å². The Morgan fingerprint density at radius 1 is 1.57 bits per heavy atom. The summed E-state index contributed by atoms with van der Waals surface area (Å²) >= 11 is 7.25. The molecule has 0 spiro atoms. The minimum absolute atomic E-state index is 0.109. The number of halogens is 2. The normalized spacial score (nSPS) is 11.0. The fourth-order valence-electron chi connectivity index (χ4n) is 1.72. The number of anilines is 1. The summed E-state index contributed by atoms with van der Waals surface area (Å²) in [6.07, 6.45) is 1.44. The third kappa shape index (κ3) is 5.01. The second kappa shape index (κ2) is 8.03. The Morgan fingerprint density at radius 3 is 3.09 bits per heavy atom. The number of carbonyl (C=O) groups is 1. The Bertz CT molecular complexity index is 734. The molecular weight excluding hydrogens is 341 g/mol. The van der Waals surface area contributed by atoms with Crippen LogP contribution in [0.15, 0.2) is 22.6 Å². The van der Waals surface area contributed by atoms with Crippen molar-refractivity contribution in [2.45, 2.75) is 20.3 Å². The van der Waals surface area contributed by atoms with E-state index in [9.17, 15) is 9.18 Å². The number of esters is 1. The van der Waals surface area contributed by atoms with Crippen LogP contribution in [0.5, 0.6) is 0 Å². The lowest BCUT2D eigenvalue weighted by atomic mass is 10.1. The maximum atomic E-state index is 13.7. The van der Waals surface area contributed by atoms with E-state index in [1.54, 1.807) is 19.2 Å². The smallest absolute Gasteiger partial charge is 0.311 e. The molecule has 0 aliphatic rings. The summed E-state index contributed by atoms with van der Waals surface area (Å²) in [4.78, 5) is 15.5. The predicted octanol–water partition coefficient (Wildman–Crippen LogP) is 3.80. The highest BCUT2D eigenvalue weighted by atomic mass is 35.5. The van der Waals surface area contributed by atoms with Gasteiger partial charge in [-0.2, -0.15) is 5.10 Å². The van der Waals surface area contributed by atoms with Crippen molar-refractivity contribution in [1.82, 2.24) is 4.98 Å². The topological polar surface area (TPSA) is 63.6 Å². The lowest BCUT2D eigenvalue weighted by molar-refractivity contribution is -0.142. The van der Waals surface area contributed by atoms with Crippen LogP contribution in [0.25, 0.3) is 0 Å². The molecule has 1 N–H and O–H groups in total. The Balaban J connectivity index is 1.97. The van der Waals surface area contributed by atoms with Crippen LogP contribution in [0.1, 0.15) is 23.7 Å². The van der Waals surface area contributed by atoms with Crippen molar-refractivity contribution >= 4 is 40.3 Å². The average molecular weight is 356 g/mol. The maximum absolute atomic E-state index is 13.7. The Labute approximate surface area is 142 Å². The zero-order valence-corrected chi connectivity index (χ0v) is 14.2. The van der Waals surface area contributed by atoms with E-state index in [0.29, 0.717) is 28.0 Å². The van der Waals surface area contributed by atoms with E-state index in [1.807, 2.05) is 0 Å². The summed E-state index contributed by atoms with van der Waals surface area (Å²) in [6.45, 7) is 3.81. The monoisotopic (exact) mass is 355 g/mol. The highest BCUT2D eigenvalue weighted by molar-refractivity contribution is 7.13. The molecular formula is C15H15ClFN3O2S. The van der Waals surface area contributed by atoms with Gasteiger partial charge in [-0.25, -0.2) is 9.37 Å². The number of aromatic nitrogens is 1. The Morgan fingerprint density at radius 2 is 2.35 bits per heavy atom. The van der Waals surface area contributed by atoms with Crippen LogP contribution in [-0.2, 0) is 16.0 Å². The molecule has 8 heteroatoms. The molecule has 0 aliphatic carbocycles. The molecule has 0 amide bonds. The van der Waals surface area contributed by atoms with Crippen LogP contribution >= 0.6 is 22.9 Å². The number of nitrogens with one attached hydrogen (secondary N) is 1. The van der Waals surface area contributed by atoms with Crippen LogP contribution in [-0.4, -0.2) is 23.8 Å². The van der Waals surface area contributed by atoms with Crippen molar-refractivity contribution in [2.24, 2.45) is 5.10 Å². The highest BCUT2D eigenvalue weighted by Gasteiger charge is 2.08. The average Bonchev–Trinajstić information content (AvgIpc) is 2.92. The zero-order valence-electron chi connectivity index (χ0n) is 12.6. The number of thiazole rings is 1. The van der Waals surface area contributed by atoms with Gasteiger partial charge in [0.2, 0.25) is 5.13 Å². The molecule has 0 bridgehead atoms. The fraction of sp³-hybridized carbons (Fsp3) is 0.267. The lowest BCUT2D eigenvalue weighted by Crippen LogP contribution is -2.07. The summed E-state index contributed by atoms with van der Waals surface area (Å²) < 4.78 is 18.6. The van der Waals surface area contributed by atoms with E-state index >= 15 is 0 Å². The molecule has 1 aromatic carbocycles. The number of ether oxygens (including phenoxy) is 1. The van der Waals surface area contributed by atoms with Gasteiger partial charge in [0.1, 0.15) is 5.82 Å². The van der Waals surface area contributed by atoms with Crippen LogP contribution < -0.4 is 5.43 Å². The number of benzene rings is 1. The van der Waals surface area contributed by atoms with Gasteiger partial charge in [-0.05, 0) is 31.5 Å². The quantitative estimate of drug-likeness (QED) is 0.486. The van der Waals surface area contributed by atoms with Crippen molar-refractivity contribution in [2.75, 3.05) is 12.0 Å². The second-order valence-corrected chi connectivity index (χ2v) is 5.88. The van der Waals surface area contributed by atoms with Gasteiger partial charge in [0.05, 0.1) is 24.9 Å². The molecule has 1 heterocycles. The third-order valence-corrected chi connectivity index (χ3v) is 4.03. The molecule has 0 radical (unpaired) electrons. The van der Waals surface area contributed by atoms with Crippen molar-refractivity contribution in [3.63, 3.8) is 0 Å². The molecule has 0 aliphatic heterocycles. The van der Waals surface area contributed by atoms with Gasteiger partial charge >= 0.3 is 5.97 Å². The molecule has 122 valence electrons. The molecule has 5 nitrogen and oxygen atoms in total. The number of rotatable bonds is 6. The lowest BCUT2D eigenvalue weighted by Gasteiger charge is -2.01.